The molecule has 1 saturated heterocycles. The van der Waals surface area contributed by atoms with E-state index in [1.54, 1.807) is 32.6 Å². The van der Waals surface area contributed by atoms with Crippen LogP contribution in [0.3, 0.4) is 0 Å². The van der Waals surface area contributed by atoms with Gasteiger partial charge in [-0.15, -0.1) is 11.3 Å². The Bertz CT molecular complexity index is 790. The number of benzene rings is 1. The Hall–Kier alpha value is -2.54. The molecule has 3 rings (SSSR count). The number of rotatable bonds is 4. The topological polar surface area (TPSA) is 74.7 Å². The Labute approximate surface area is 150 Å². The van der Waals surface area contributed by atoms with Crippen LogP contribution in [-0.4, -0.2) is 38.0 Å². The average Bonchev–Trinajstić information content (AvgIpc) is 3.10. The van der Waals surface area contributed by atoms with Gasteiger partial charge in [0.2, 0.25) is 5.91 Å². The number of nitrogens with zero attached hydrogens (tertiary/aromatic N) is 1. The van der Waals surface area contributed by atoms with Gasteiger partial charge in [-0.3, -0.25) is 15.1 Å². The molecule has 1 aliphatic heterocycles. The van der Waals surface area contributed by atoms with Crippen LogP contribution in [0.15, 0.2) is 29.6 Å². The third-order valence-corrected chi connectivity index (χ3v) is 5.63. The molecule has 2 heterocycles. The zero-order valence-electron chi connectivity index (χ0n) is 14.7. The number of hydrogen-bond acceptors (Lipinski definition) is 5. The van der Waals surface area contributed by atoms with E-state index < -0.39 is 5.54 Å². The van der Waals surface area contributed by atoms with Crippen molar-refractivity contribution in [1.29, 1.82) is 5.41 Å². The van der Waals surface area contributed by atoms with Gasteiger partial charge in [0, 0.05) is 18.0 Å². The van der Waals surface area contributed by atoms with E-state index in [1.165, 1.54) is 4.90 Å². The number of ether oxygens (including phenoxy) is 2. The van der Waals surface area contributed by atoms with Gasteiger partial charge >= 0.3 is 0 Å². The van der Waals surface area contributed by atoms with Crippen molar-refractivity contribution in [3.05, 3.63) is 34.5 Å². The fraction of sp³-hybridized carbons (Fsp3) is 0.333. The van der Waals surface area contributed by atoms with E-state index in [0.29, 0.717) is 6.42 Å². The number of nitrogens with one attached hydrogen (secondary N) is 2. The molecule has 1 atom stereocenters. The third-order valence-electron chi connectivity index (χ3n) is 4.44. The average molecular weight is 359 g/mol. The van der Waals surface area contributed by atoms with E-state index in [1.807, 2.05) is 30.5 Å². The zero-order valence-corrected chi connectivity index (χ0v) is 15.5. The van der Waals surface area contributed by atoms with E-state index in [4.69, 9.17) is 14.9 Å². The molecule has 0 bridgehead atoms. The summed E-state index contributed by atoms with van der Waals surface area (Å²) in [6, 6.07) is 7.78. The second kappa shape index (κ2) is 6.40. The highest BCUT2D eigenvalue weighted by atomic mass is 32.1. The molecule has 1 aromatic heterocycles. The van der Waals surface area contributed by atoms with Crippen molar-refractivity contribution in [3.63, 3.8) is 0 Å². The first-order valence-corrected chi connectivity index (χ1v) is 8.70. The van der Waals surface area contributed by atoms with Crippen LogP contribution < -0.4 is 14.8 Å². The highest BCUT2D eigenvalue weighted by molar-refractivity contribution is 7.10. The van der Waals surface area contributed by atoms with Gasteiger partial charge in [-0.25, -0.2) is 0 Å². The summed E-state index contributed by atoms with van der Waals surface area (Å²) in [5.41, 5.74) is 1.43. The SMILES string of the molecule is COc1cc(OC)cc(-c2csc([C@]3(C)CC(=O)N(C)C(=N)N3)c2)c1. The summed E-state index contributed by atoms with van der Waals surface area (Å²) >= 11 is 1.57. The predicted octanol–water partition coefficient (Wildman–Crippen LogP) is 3.03. The smallest absolute Gasteiger partial charge is 0.231 e. The lowest BCUT2D eigenvalue weighted by molar-refractivity contribution is -0.129. The van der Waals surface area contributed by atoms with E-state index in [9.17, 15) is 4.79 Å². The van der Waals surface area contributed by atoms with Crippen LogP contribution in [0.5, 0.6) is 11.5 Å². The molecule has 1 fully saturated rings. The van der Waals surface area contributed by atoms with Gasteiger partial charge < -0.3 is 14.8 Å². The normalized spacial score (nSPS) is 20.4. The van der Waals surface area contributed by atoms with Crippen LogP contribution in [0.25, 0.3) is 11.1 Å². The lowest BCUT2D eigenvalue weighted by atomic mass is 9.92. The maximum Gasteiger partial charge on any atom is 0.231 e. The first-order valence-electron chi connectivity index (χ1n) is 7.82. The first-order chi connectivity index (χ1) is 11.9. The molecule has 0 radical (unpaired) electrons. The van der Waals surface area contributed by atoms with Gasteiger partial charge in [0.15, 0.2) is 5.96 Å². The van der Waals surface area contributed by atoms with Crippen LogP contribution in [0, 0.1) is 5.41 Å². The molecule has 1 aromatic carbocycles. The minimum absolute atomic E-state index is 0.0655. The summed E-state index contributed by atoms with van der Waals surface area (Å²) in [6.45, 7) is 1.95. The number of hydrogen-bond donors (Lipinski definition) is 2. The van der Waals surface area contributed by atoms with Gasteiger partial charge in [0.1, 0.15) is 11.5 Å². The lowest BCUT2D eigenvalue weighted by Gasteiger charge is -2.38. The van der Waals surface area contributed by atoms with E-state index in [0.717, 1.165) is 27.5 Å². The quantitative estimate of drug-likeness (QED) is 0.880. The second-order valence-corrected chi connectivity index (χ2v) is 7.15. The molecule has 6 nitrogen and oxygen atoms in total. The zero-order chi connectivity index (χ0) is 18.2. The number of amides is 1. The van der Waals surface area contributed by atoms with Crippen LogP contribution in [0.1, 0.15) is 18.2 Å². The van der Waals surface area contributed by atoms with Gasteiger partial charge in [-0.1, -0.05) is 0 Å². The largest absolute Gasteiger partial charge is 0.497 e. The first kappa shape index (κ1) is 17.3. The van der Waals surface area contributed by atoms with Crippen LogP contribution >= 0.6 is 11.3 Å². The van der Waals surface area contributed by atoms with Crippen molar-refractivity contribution < 1.29 is 14.3 Å². The highest BCUT2D eigenvalue weighted by Gasteiger charge is 2.38. The molecule has 1 amide bonds. The van der Waals surface area contributed by atoms with E-state index in [2.05, 4.69) is 11.4 Å². The maximum atomic E-state index is 12.2. The van der Waals surface area contributed by atoms with Gasteiger partial charge in [0.25, 0.3) is 0 Å². The van der Waals surface area contributed by atoms with Crippen LogP contribution in [-0.2, 0) is 10.3 Å². The lowest BCUT2D eigenvalue weighted by Crippen LogP contribution is -2.57. The summed E-state index contributed by atoms with van der Waals surface area (Å²) in [5, 5.41) is 13.2. The summed E-state index contributed by atoms with van der Waals surface area (Å²) < 4.78 is 10.7. The highest BCUT2D eigenvalue weighted by Crippen LogP contribution is 2.38. The van der Waals surface area contributed by atoms with Gasteiger partial charge in [-0.05, 0) is 41.6 Å². The molecule has 7 heteroatoms. The Morgan fingerprint density at radius 3 is 2.36 bits per heavy atom. The fourth-order valence-corrected chi connectivity index (χ4v) is 3.87. The van der Waals surface area contributed by atoms with Crippen LogP contribution in [0.2, 0.25) is 0 Å². The Balaban J connectivity index is 1.95. The second-order valence-electron chi connectivity index (χ2n) is 6.24. The van der Waals surface area contributed by atoms with Crippen molar-refractivity contribution in [3.8, 4) is 22.6 Å². The number of thiophene rings is 1. The standard InChI is InChI=1S/C18H21N3O3S/c1-18(9-16(22)21(2)17(19)20-18)15-7-12(10-25-15)11-5-13(23-3)8-14(6-11)24-4/h5-8,10H,9H2,1-4H3,(H2,19,20)/t18-/m0/s1. The van der Waals surface area contributed by atoms with Crippen molar-refractivity contribution in [2.24, 2.45) is 0 Å². The molecule has 0 unspecified atom stereocenters. The third kappa shape index (κ3) is 3.19. The van der Waals surface area contributed by atoms with E-state index >= 15 is 0 Å². The van der Waals surface area contributed by atoms with Crippen LogP contribution in [0.4, 0.5) is 0 Å². The predicted molar refractivity (Wildman–Crippen MR) is 98.5 cm³/mol. The van der Waals surface area contributed by atoms with Crippen molar-refractivity contribution in [1.82, 2.24) is 10.2 Å². The molecule has 1 aliphatic rings. The Morgan fingerprint density at radius 2 is 1.80 bits per heavy atom. The summed E-state index contributed by atoms with van der Waals surface area (Å²) in [5.74, 6) is 1.51. The van der Waals surface area contributed by atoms with Crippen molar-refractivity contribution in [2.75, 3.05) is 21.3 Å². The summed E-state index contributed by atoms with van der Waals surface area (Å²) in [4.78, 5) is 14.5. The number of methoxy groups -OCH3 is 2. The molecule has 25 heavy (non-hydrogen) atoms. The van der Waals surface area contributed by atoms with E-state index in [-0.39, 0.29) is 11.9 Å². The molecule has 0 saturated carbocycles. The Morgan fingerprint density at radius 1 is 1.16 bits per heavy atom. The van der Waals surface area contributed by atoms with Crippen molar-refractivity contribution in [2.45, 2.75) is 18.9 Å². The molecule has 2 aromatic rings. The molecular weight excluding hydrogens is 338 g/mol. The number of carbonyl (C=O) groups is 1. The number of carbonyl (C=O) groups excluding carboxylic acids is 1. The minimum atomic E-state index is -0.577. The monoisotopic (exact) mass is 359 g/mol. The molecule has 0 aliphatic carbocycles. The van der Waals surface area contributed by atoms with Gasteiger partial charge in [-0.2, -0.15) is 0 Å². The maximum absolute atomic E-state index is 12.2. The van der Waals surface area contributed by atoms with Crippen molar-refractivity contribution >= 4 is 23.2 Å². The molecule has 2 N–H and O–H groups in total. The molecule has 0 spiro atoms. The summed E-state index contributed by atoms with van der Waals surface area (Å²) in [6.07, 6.45) is 0.313. The fourth-order valence-electron chi connectivity index (χ4n) is 2.83. The minimum Gasteiger partial charge on any atom is -0.497 e. The van der Waals surface area contributed by atoms with Gasteiger partial charge in [0.05, 0.1) is 26.2 Å². The molecule has 132 valence electrons. The number of guanidine groups is 1. The Kier molecular flexibility index (Phi) is 4.43. The summed E-state index contributed by atoms with van der Waals surface area (Å²) in [7, 11) is 4.86. The molecular formula is C18H21N3O3S.